The first-order chi connectivity index (χ1) is 9.83. The number of hydrogen-bond donors (Lipinski definition) is 2. The third kappa shape index (κ3) is 3.39. The second kappa shape index (κ2) is 5.81. The summed E-state index contributed by atoms with van der Waals surface area (Å²) in [5.41, 5.74) is 0.871. The standard InChI is InChI=1S/C13H14N2O5S/c14-6-9-1-3-10(4-2-9)8-21(19,20)15-7-11(16)5-12(15)13(17)18/h1-4,11-12,16H,5,7-8H2,(H,17,18)/t11-,12-/m1/s1. The molecular formula is C13H14N2O5S. The maximum atomic E-state index is 12.3. The molecule has 8 heteroatoms. The molecule has 1 aliphatic heterocycles. The van der Waals surface area contributed by atoms with E-state index in [-0.39, 0.29) is 18.7 Å². The fourth-order valence-electron chi connectivity index (χ4n) is 2.29. The molecule has 0 aromatic heterocycles. The highest BCUT2D eigenvalue weighted by Gasteiger charge is 2.42. The molecule has 1 aromatic carbocycles. The number of carboxylic acids is 1. The summed E-state index contributed by atoms with van der Waals surface area (Å²) in [6.45, 7) is -0.213. The van der Waals surface area contributed by atoms with Crippen LogP contribution in [0.1, 0.15) is 17.5 Å². The van der Waals surface area contributed by atoms with Gasteiger partial charge in [-0.2, -0.15) is 9.57 Å². The van der Waals surface area contributed by atoms with Gasteiger partial charge in [0.15, 0.2) is 0 Å². The first-order valence-electron chi connectivity index (χ1n) is 6.23. The third-order valence-electron chi connectivity index (χ3n) is 3.31. The average Bonchev–Trinajstić information content (AvgIpc) is 2.82. The molecule has 0 saturated carbocycles. The van der Waals surface area contributed by atoms with Crippen molar-refractivity contribution in [3.63, 3.8) is 0 Å². The van der Waals surface area contributed by atoms with Crippen molar-refractivity contribution in [3.8, 4) is 6.07 Å². The number of nitriles is 1. The lowest BCUT2D eigenvalue weighted by Crippen LogP contribution is -2.41. The van der Waals surface area contributed by atoms with Gasteiger partial charge in [0.1, 0.15) is 6.04 Å². The van der Waals surface area contributed by atoms with E-state index in [9.17, 15) is 18.3 Å². The summed E-state index contributed by atoms with van der Waals surface area (Å²) in [6.07, 6.45) is -1.08. The van der Waals surface area contributed by atoms with Gasteiger partial charge in [0.05, 0.1) is 23.5 Å². The van der Waals surface area contributed by atoms with Gasteiger partial charge in [-0.3, -0.25) is 4.79 Å². The highest BCUT2D eigenvalue weighted by molar-refractivity contribution is 7.88. The van der Waals surface area contributed by atoms with E-state index in [1.54, 1.807) is 0 Å². The number of rotatable bonds is 4. The van der Waals surface area contributed by atoms with E-state index in [1.807, 2.05) is 6.07 Å². The van der Waals surface area contributed by atoms with E-state index in [4.69, 9.17) is 10.4 Å². The minimum atomic E-state index is -3.85. The van der Waals surface area contributed by atoms with E-state index in [0.717, 1.165) is 4.31 Å². The Morgan fingerprint density at radius 1 is 1.38 bits per heavy atom. The van der Waals surface area contributed by atoms with Gasteiger partial charge in [-0.05, 0) is 17.7 Å². The normalized spacial score (nSPS) is 22.9. The molecule has 7 nitrogen and oxygen atoms in total. The number of aliphatic carboxylic acids is 1. The van der Waals surface area contributed by atoms with Crippen LogP contribution in [0.3, 0.4) is 0 Å². The first kappa shape index (κ1) is 15.4. The quantitative estimate of drug-likeness (QED) is 0.802. The van der Waals surface area contributed by atoms with Crippen LogP contribution in [0.4, 0.5) is 0 Å². The maximum Gasteiger partial charge on any atom is 0.322 e. The number of aliphatic hydroxyl groups excluding tert-OH is 1. The molecule has 0 amide bonds. The van der Waals surface area contributed by atoms with Crippen LogP contribution in [-0.4, -0.2) is 47.6 Å². The number of carboxylic acid groups (broad SMARTS) is 1. The van der Waals surface area contributed by atoms with Crippen molar-refractivity contribution in [2.75, 3.05) is 6.54 Å². The molecule has 112 valence electrons. The van der Waals surface area contributed by atoms with Crippen molar-refractivity contribution in [1.29, 1.82) is 5.26 Å². The van der Waals surface area contributed by atoms with Crippen molar-refractivity contribution in [1.82, 2.24) is 4.31 Å². The molecular weight excluding hydrogens is 296 g/mol. The monoisotopic (exact) mass is 310 g/mol. The Labute approximate surface area is 122 Å². The zero-order valence-corrected chi connectivity index (χ0v) is 11.8. The van der Waals surface area contributed by atoms with Gasteiger partial charge in [0, 0.05) is 13.0 Å². The highest BCUT2D eigenvalue weighted by Crippen LogP contribution is 2.24. The van der Waals surface area contributed by atoms with Crippen LogP contribution >= 0.6 is 0 Å². The number of aliphatic hydroxyl groups is 1. The van der Waals surface area contributed by atoms with Gasteiger partial charge in [-0.1, -0.05) is 12.1 Å². The summed E-state index contributed by atoms with van der Waals surface area (Å²) in [6, 6.07) is 6.72. The molecule has 2 atom stereocenters. The largest absolute Gasteiger partial charge is 0.480 e. The zero-order chi connectivity index (χ0) is 15.6. The molecule has 2 N–H and O–H groups in total. The van der Waals surface area contributed by atoms with Crippen LogP contribution in [0.25, 0.3) is 0 Å². The van der Waals surface area contributed by atoms with Gasteiger partial charge < -0.3 is 10.2 Å². The second-order valence-corrected chi connectivity index (χ2v) is 6.80. The summed E-state index contributed by atoms with van der Waals surface area (Å²) in [5, 5.41) is 27.2. The van der Waals surface area contributed by atoms with Gasteiger partial charge in [-0.15, -0.1) is 0 Å². The van der Waals surface area contributed by atoms with Gasteiger partial charge in [0.2, 0.25) is 10.0 Å². The fraction of sp³-hybridized carbons (Fsp3) is 0.385. The Balaban J connectivity index is 2.21. The highest BCUT2D eigenvalue weighted by atomic mass is 32.2. The van der Waals surface area contributed by atoms with Crippen molar-refractivity contribution in [3.05, 3.63) is 35.4 Å². The molecule has 0 radical (unpaired) electrons. The van der Waals surface area contributed by atoms with Crippen LogP contribution in [-0.2, 0) is 20.6 Å². The van der Waals surface area contributed by atoms with Gasteiger partial charge in [-0.25, -0.2) is 8.42 Å². The van der Waals surface area contributed by atoms with Crippen molar-refractivity contribution in [2.45, 2.75) is 24.3 Å². The molecule has 1 fully saturated rings. The summed E-state index contributed by atoms with van der Waals surface area (Å²) < 4.78 is 25.4. The van der Waals surface area contributed by atoms with Crippen LogP contribution in [0.15, 0.2) is 24.3 Å². The Hall–Kier alpha value is -1.95. The molecule has 2 rings (SSSR count). The van der Waals surface area contributed by atoms with E-state index in [2.05, 4.69) is 0 Å². The Kier molecular flexibility index (Phi) is 4.27. The third-order valence-corrected chi connectivity index (χ3v) is 5.12. The number of benzene rings is 1. The molecule has 0 aliphatic carbocycles. The van der Waals surface area contributed by atoms with Crippen LogP contribution in [0, 0.1) is 11.3 Å². The smallest absolute Gasteiger partial charge is 0.322 e. The zero-order valence-electron chi connectivity index (χ0n) is 11.0. The molecule has 21 heavy (non-hydrogen) atoms. The summed E-state index contributed by atoms with van der Waals surface area (Å²) >= 11 is 0. The average molecular weight is 310 g/mol. The Bertz CT molecular complexity index is 678. The van der Waals surface area contributed by atoms with Crippen molar-refractivity contribution in [2.24, 2.45) is 0 Å². The molecule has 1 saturated heterocycles. The van der Waals surface area contributed by atoms with Crippen molar-refractivity contribution < 1.29 is 23.4 Å². The summed E-state index contributed by atoms with van der Waals surface area (Å²) in [4.78, 5) is 11.1. The minimum Gasteiger partial charge on any atom is -0.480 e. The Morgan fingerprint density at radius 3 is 2.52 bits per heavy atom. The van der Waals surface area contributed by atoms with Crippen LogP contribution < -0.4 is 0 Å². The minimum absolute atomic E-state index is 0.109. The summed E-state index contributed by atoms with van der Waals surface area (Å²) in [5.74, 6) is -1.63. The molecule has 0 bridgehead atoms. The maximum absolute atomic E-state index is 12.3. The molecule has 0 unspecified atom stereocenters. The number of nitrogens with zero attached hydrogens (tertiary/aromatic N) is 2. The predicted octanol–water partition coefficient (Wildman–Crippen LogP) is -0.0921. The first-order valence-corrected chi connectivity index (χ1v) is 7.84. The molecule has 0 spiro atoms. The number of β-amino-alcohol motifs (C(OH)–C–C–N with tert-alkyl or cyclic N) is 1. The number of carbonyl (C=O) groups is 1. The van der Waals surface area contributed by atoms with E-state index >= 15 is 0 Å². The van der Waals surface area contributed by atoms with Crippen molar-refractivity contribution >= 4 is 16.0 Å². The van der Waals surface area contributed by atoms with E-state index in [0.29, 0.717) is 11.1 Å². The van der Waals surface area contributed by atoms with E-state index < -0.39 is 28.1 Å². The lowest BCUT2D eigenvalue weighted by molar-refractivity contribution is -0.140. The molecule has 1 aromatic rings. The lowest BCUT2D eigenvalue weighted by Gasteiger charge is -2.20. The number of sulfonamides is 1. The SMILES string of the molecule is N#Cc1ccc(CS(=O)(=O)N2C[C@H](O)C[C@@H]2C(=O)O)cc1. The fourth-order valence-corrected chi connectivity index (χ4v) is 4.03. The lowest BCUT2D eigenvalue weighted by atomic mass is 10.2. The van der Waals surface area contributed by atoms with E-state index in [1.165, 1.54) is 24.3 Å². The number of hydrogen-bond acceptors (Lipinski definition) is 5. The summed E-state index contributed by atoms with van der Waals surface area (Å²) in [7, 11) is -3.85. The van der Waals surface area contributed by atoms with Gasteiger partial charge in [0.25, 0.3) is 0 Å². The van der Waals surface area contributed by atoms with Crippen LogP contribution in [0.2, 0.25) is 0 Å². The molecule has 1 aliphatic rings. The van der Waals surface area contributed by atoms with Gasteiger partial charge >= 0.3 is 5.97 Å². The second-order valence-electron chi connectivity index (χ2n) is 4.88. The topological polar surface area (TPSA) is 119 Å². The van der Waals surface area contributed by atoms with Crippen LogP contribution in [0.5, 0.6) is 0 Å². The predicted molar refractivity (Wildman–Crippen MR) is 72.5 cm³/mol. The Morgan fingerprint density at radius 2 is 2.00 bits per heavy atom. The molecule has 1 heterocycles.